The maximum absolute atomic E-state index is 12.4. The number of amides is 2. The van der Waals surface area contributed by atoms with Crippen LogP contribution in [-0.2, 0) is 9.59 Å². The van der Waals surface area contributed by atoms with E-state index in [1.165, 1.54) is 0 Å². The molecule has 0 aliphatic rings. The van der Waals surface area contributed by atoms with Crippen LogP contribution in [0.4, 0.5) is 0 Å². The Morgan fingerprint density at radius 1 is 0.821 bits per heavy atom. The second-order valence-corrected chi connectivity index (χ2v) is 7.17. The molecule has 0 fully saturated rings. The molecule has 0 rings (SSSR count). The third-order valence-corrected chi connectivity index (χ3v) is 4.78. The van der Waals surface area contributed by atoms with Crippen LogP contribution < -0.4 is 37.6 Å². The zero-order chi connectivity index (χ0) is 21.2. The molecule has 0 aliphatic carbocycles. The molecular formula is C19H43N7O2. The summed E-state index contributed by atoms with van der Waals surface area (Å²) < 4.78 is 0. The lowest BCUT2D eigenvalue weighted by molar-refractivity contribution is -0.123. The van der Waals surface area contributed by atoms with E-state index in [4.69, 9.17) is 5.73 Å². The number of rotatable bonds is 18. The van der Waals surface area contributed by atoms with Crippen molar-refractivity contribution >= 4 is 11.8 Å². The van der Waals surface area contributed by atoms with Crippen LogP contribution in [0.3, 0.4) is 0 Å². The number of carbonyl (C=O) groups excluding carboxylic acids is 2. The van der Waals surface area contributed by atoms with Crippen LogP contribution in [-0.4, -0.2) is 84.3 Å². The topological polar surface area (TPSA) is 132 Å². The number of nitrogens with one attached hydrogen (secondary N) is 6. The summed E-state index contributed by atoms with van der Waals surface area (Å²) in [5, 5.41) is 18.3. The molecule has 1 unspecified atom stereocenters. The highest BCUT2D eigenvalue weighted by Gasteiger charge is 2.17. The predicted molar refractivity (Wildman–Crippen MR) is 115 cm³/mol. The standard InChI is InChI=1S/C19H43N7O2/c1-21-10-5-7-16(23-3)14-26-19(28)17(24-4)8-6-11-25-18(27)13-15(20)9-12-22-2/h15-17,21-24H,5-14,20H2,1-4H3,(H,25,27)(H,26,28)/t15?,16-,17-/m0/s1. The molecule has 3 atom stereocenters. The van der Waals surface area contributed by atoms with Crippen molar-refractivity contribution in [3.05, 3.63) is 0 Å². The molecule has 0 aromatic rings. The summed E-state index contributed by atoms with van der Waals surface area (Å²) >= 11 is 0. The van der Waals surface area contributed by atoms with Crippen molar-refractivity contribution in [3.8, 4) is 0 Å². The Morgan fingerprint density at radius 3 is 2.11 bits per heavy atom. The second-order valence-electron chi connectivity index (χ2n) is 7.17. The molecule has 0 bridgehead atoms. The minimum atomic E-state index is -0.260. The van der Waals surface area contributed by atoms with Gasteiger partial charge in [0.05, 0.1) is 6.04 Å². The minimum Gasteiger partial charge on any atom is -0.356 e. The summed E-state index contributed by atoms with van der Waals surface area (Å²) in [5.41, 5.74) is 5.91. The van der Waals surface area contributed by atoms with Gasteiger partial charge in [-0.2, -0.15) is 0 Å². The molecule has 0 aromatic heterocycles. The third kappa shape index (κ3) is 13.8. The van der Waals surface area contributed by atoms with Crippen LogP contribution in [0.15, 0.2) is 0 Å². The molecule has 0 heterocycles. The van der Waals surface area contributed by atoms with Crippen LogP contribution in [0.1, 0.15) is 38.5 Å². The first-order chi connectivity index (χ1) is 13.5. The van der Waals surface area contributed by atoms with Gasteiger partial charge in [0, 0.05) is 31.6 Å². The summed E-state index contributed by atoms with van der Waals surface area (Å²) in [4.78, 5) is 24.2. The Hall–Kier alpha value is -1.26. The first-order valence-electron chi connectivity index (χ1n) is 10.4. The van der Waals surface area contributed by atoms with Gasteiger partial charge in [0.2, 0.25) is 11.8 Å². The normalized spacial score (nSPS) is 14.3. The summed E-state index contributed by atoms with van der Waals surface area (Å²) in [7, 11) is 7.50. The van der Waals surface area contributed by atoms with Gasteiger partial charge < -0.3 is 37.6 Å². The highest BCUT2D eigenvalue weighted by Crippen LogP contribution is 1.99. The van der Waals surface area contributed by atoms with Crippen molar-refractivity contribution in [1.82, 2.24) is 31.9 Å². The van der Waals surface area contributed by atoms with Gasteiger partial charge in [-0.15, -0.1) is 0 Å². The molecule has 0 radical (unpaired) electrons. The van der Waals surface area contributed by atoms with Gasteiger partial charge in [-0.25, -0.2) is 0 Å². The Bertz CT molecular complexity index is 410. The molecule has 8 N–H and O–H groups in total. The van der Waals surface area contributed by atoms with E-state index in [9.17, 15) is 9.59 Å². The molecule has 0 saturated carbocycles. The number of carbonyl (C=O) groups is 2. The molecule has 28 heavy (non-hydrogen) atoms. The lowest BCUT2D eigenvalue weighted by Gasteiger charge is -2.20. The minimum absolute atomic E-state index is 0.00298. The first kappa shape index (κ1) is 26.7. The second kappa shape index (κ2) is 17.8. The third-order valence-electron chi connectivity index (χ3n) is 4.78. The Balaban J connectivity index is 4.02. The molecule has 166 valence electrons. The summed E-state index contributed by atoms with van der Waals surface area (Å²) in [6, 6.07) is -0.123. The van der Waals surface area contributed by atoms with Gasteiger partial charge in [0.15, 0.2) is 0 Å². The van der Waals surface area contributed by atoms with E-state index >= 15 is 0 Å². The van der Waals surface area contributed by atoms with Crippen LogP contribution in [0.2, 0.25) is 0 Å². The van der Waals surface area contributed by atoms with Crippen molar-refractivity contribution in [2.24, 2.45) is 5.73 Å². The molecular weight excluding hydrogens is 358 g/mol. The average Bonchev–Trinajstić information content (AvgIpc) is 2.68. The largest absolute Gasteiger partial charge is 0.356 e. The van der Waals surface area contributed by atoms with Gasteiger partial charge in [0.1, 0.15) is 0 Å². The van der Waals surface area contributed by atoms with Gasteiger partial charge in [-0.3, -0.25) is 9.59 Å². The van der Waals surface area contributed by atoms with Gasteiger partial charge in [-0.1, -0.05) is 0 Å². The maximum atomic E-state index is 12.4. The highest BCUT2D eigenvalue weighted by atomic mass is 16.2. The lowest BCUT2D eigenvalue weighted by atomic mass is 10.1. The predicted octanol–water partition coefficient (Wildman–Crippen LogP) is -1.50. The fourth-order valence-corrected chi connectivity index (χ4v) is 2.90. The van der Waals surface area contributed by atoms with Gasteiger partial charge in [-0.05, 0) is 73.4 Å². The van der Waals surface area contributed by atoms with Crippen molar-refractivity contribution < 1.29 is 9.59 Å². The number of hydrogen-bond donors (Lipinski definition) is 7. The zero-order valence-corrected chi connectivity index (χ0v) is 18.2. The van der Waals surface area contributed by atoms with E-state index in [1.807, 2.05) is 21.1 Å². The fourth-order valence-electron chi connectivity index (χ4n) is 2.90. The van der Waals surface area contributed by atoms with Crippen LogP contribution >= 0.6 is 0 Å². The monoisotopic (exact) mass is 401 g/mol. The SMILES string of the molecule is CNCCC[C@@H](CNC(=O)[C@H](CCCNC(=O)CC(N)CCNC)NC)NC. The summed E-state index contributed by atoms with van der Waals surface area (Å²) in [5.74, 6) is -0.0377. The van der Waals surface area contributed by atoms with E-state index in [0.29, 0.717) is 25.9 Å². The molecule has 0 aromatic carbocycles. The van der Waals surface area contributed by atoms with Crippen LogP contribution in [0.25, 0.3) is 0 Å². The Morgan fingerprint density at radius 2 is 1.50 bits per heavy atom. The van der Waals surface area contributed by atoms with Gasteiger partial charge >= 0.3 is 0 Å². The molecule has 0 aliphatic heterocycles. The maximum Gasteiger partial charge on any atom is 0.237 e. The van der Waals surface area contributed by atoms with Crippen molar-refractivity contribution in [2.75, 3.05) is 54.4 Å². The van der Waals surface area contributed by atoms with Crippen LogP contribution in [0, 0.1) is 0 Å². The van der Waals surface area contributed by atoms with E-state index in [2.05, 4.69) is 31.9 Å². The van der Waals surface area contributed by atoms with E-state index in [-0.39, 0.29) is 29.9 Å². The molecule has 0 saturated heterocycles. The molecule has 9 heteroatoms. The number of hydrogen-bond acceptors (Lipinski definition) is 7. The smallest absolute Gasteiger partial charge is 0.237 e. The average molecular weight is 402 g/mol. The molecule has 2 amide bonds. The Kier molecular flexibility index (Phi) is 17.0. The lowest BCUT2D eigenvalue weighted by Crippen LogP contribution is -2.47. The van der Waals surface area contributed by atoms with Crippen molar-refractivity contribution in [1.29, 1.82) is 0 Å². The van der Waals surface area contributed by atoms with E-state index in [1.54, 1.807) is 7.05 Å². The van der Waals surface area contributed by atoms with Gasteiger partial charge in [0.25, 0.3) is 0 Å². The van der Waals surface area contributed by atoms with Crippen LogP contribution in [0.5, 0.6) is 0 Å². The number of likely N-dealkylation sites (N-methyl/N-ethyl adjacent to an activating group) is 2. The van der Waals surface area contributed by atoms with Crippen molar-refractivity contribution in [3.63, 3.8) is 0 Å². The van der Waals surface area contributed by atoms with Crippen molar-refractivity contribution in [2.45, 2.75) is 56.7 Å². The fraction of sp³-hybridized carbons (Fsp3) is 0.895. The zero-order valence-electron chi connectivity index (χ0n) is 18.2. The first-order valence-corrected chi connectivity index (χ1v) is 10.4. The van der Waals surface area contributed by atoms with E-state index < -0.39 is 0 Å². The number of nitrogens with two attached hydrogens (primary N) is 1. The molecule has 9 nitrogen and oxygen atoms in total. The summed E-state index contributed by atoms with van der Waals surface area (Å²) in [6.45, 7) is 2.93. The summed E-state index contributed by atoms with van der Waals surface area (Å²) in [6.07, 6.45) is 4.56. The van der Waals surface area contributed by atoms with E-state index in [0.717, 1.165) is 38.8 Å². The molecule has 0 spiro atoms. The quantitative estimate of drug-likeness (QED) is 0.139. The highest BCUT2D eigenvalue weighted by molar-refractivity contribution is 5.81. The Labute approximate surface area is 170 Å².